The molecular formula is C18H14F2N6O2S. The van der Waals surface area contributed by atoms with Crippen LogP contribution in [0, 0.1) is 6.92 Å². The van der Waals surface area contributed by atoms with Gasteiger partial charge >= 0.3 is 6.09 Å². The van der Waals surface area contributed by atoms with Gasteiger partial charge in [-0.25, -0.2) is 34.0 Å². The van der Waals surface area contributed by atoms with E-state index in [2.05, 4.69) is 25.4 Å². The lowest BCUT2D eigenvalue weighted by molar-refractivity contribution is 0.149. The molecule has 0 saturated heterocycles. The molecular weight excluding hydrogens is 402 g/mol. The number of thiazole rings is 1. The molecule has 0 saturated carbocycles. The van der Waals surface area contributed by atoms with E-state index in [0.29, 0.717) is 33.0 Å². The first-order valence-corrected chi connectivity index (χ1v) is 9.33. The summed E-state index contributed by atoms with van der Waals surface area (Å²) in [6.07, 6.45) is 3.67. The molecule has 8 nitrogen and oxygen atoms in total. The molecule has 0 spiro atoms. The molecule has 1 N–H and O–H groups in total. The highest BCUT2D eigenvalue weighted by atomic mass is 32.1. The Morgan fingerprint density at radius 3 is 2.90 bits per heavy atom. The van der Waals surface area contributed by atoms with E-state index in [-0.39, 0.29) is 5.75 Å². The van der Waals surface area contributed by atoms with E-state index >= 15 is 0 Å². The number of nitrogens with one attached hydrogen (secondary N) is 1. The van der Waals surface area contributed by atoms with Crippen LogP contribution in [-0.4, -0.2) is 37.1 Å². The number of carbonyl (C=O) groups excluding carboxylic acids is 1. The molecule has 0 aromatic carbocycles. The number of aromatic nitrogens is 5. The number of amides is 1. The quantitative estimate of drug-likeness (QED) is 0.532. The van der Waals surface area contributed by atoms with Crippen LogP contribution in [0.25, 0.3) is 21.7 Å². The van der Waals surface area contributed by atoms with Crippen molar-refractivity contribution in [3.63, 3.8) is 0 Å². The van der Waals surface area contributed by atoms with Gasteiger partial charge in [-0.15, -0.1) is 11.3 Å². The number of ether oxygens (including phenoxy) is 1. The van der Waals surface area contributed by atoms with Gasteiger partial charge in [0.2, 0.25) is 6.43 Å². The topological polar surface area (TPSA) is 94.8 Å². The highest BCUT2D eigenvalue weighted by Crippen LogP contribution is 2.23. The highest BCUT2D eigenvalue weighted by molar-refractivity contribution is 7.12. The number of alkyl halides is 2. The second-order valence-electron chi connectivity index (χ2n) is 5.99. The molecule has 29 heavy (non-hydrogen) atoms. The largest absolute Gasteiger partial charge is 0.432 e. The van der Waals surface area contributed by atoms with Gasteiger partial charge in [-0.2, -0.15) is 0 Å². The van der Waals surface area contributed by atoms with Crippen LogP contribution in [0.4, 0.5) is 13.6 Å². The van der Waals surface area contributed by atoms with E-state index in [4.69, 9.17) is 4.74 Å². The van der Waals surface area contributed by atoms with Crippen LogP contribution in [0.15, 0.2) is 42.4 Å². The molecule has 0 bridgehead atoms. The van der Waals surface area contributed by atoms with Gasteiger partial charge < -0.3 is 4.74 Å². The minimum Gasteiger partial charge on any atom is -0.406 e. The summed E-state index contributed by atoms with van der Waals surface area (Å²) < 4.78 is 32.3. The summed E-state index contributed by atoms with van der Waals surface area (Å²) >= 11 is 1.40. The van der Waals surface area contributed by atoms with Crippen molar-refractivity contribution < 1.29 is 18.3 Å². The number of fused-ring (bicyclic) bond motifs is 1. The fourth-order valence-corrected chi connectivity index (χ4v) is 3.35. The number of hydrogen-bond donors (Lipinski definition) is 1. The summed E-state index contributed by atoms with van der Waals surface area (Å²) in [4.78, 5) is 28.9. The Balaban J connectivity index is 1.53. The van der Waals surface area contributed by atoms with Gasteiger partial charge in [0.25, 0.3) is 0 Å². The summed E-state index contributed by atoms with van der Waals surface area (Å²) in [6, 6.07) is 1.61. The van der Waals surface area contributed by atoms with E-state index in [1.165, 1.54) is 40.8 Å². The number of rotatable bonds is 5. The molecule has 1 amide bonds. The lowest BCUT2D eigenvalue weighted by atomic mass is 10.2. The summed E-state index contributed by atoms with van der Waals surface area (Å²) in [5.74, 6) is 0.611. The molecule has 4 aromatic heterocycles. The van der Waals surface area contributed by atoms with E-state index in [0.717, 1.165) is 0 Å². The van der Waals surface area contributed by atoms with E-state index in [1.54, 1.807) is 19.2 Å². The number of nitrogens with zero attached hydrogens (tertiary/aromatic N) is 5. The molecule has 0 aliphatic heterocycles. The Morgan fingerprint density at radius 1 is 1.31 bits per heavy atom. The third-order valence-corrected chi connectivity index (χ3v) is 4.80. The molecule has 0 atom stereocenters. The summed E-state index contributed by atoms with van der Waals surface area (Å²) in [5, 5.41) is 2.99. The van der Waals surface area contributed by atoms with Crippen LogP contribution >= 0.6 is 11.3 Å². The third-order valence-electron chi connectivity index (χ3n) is 4.03. The SMILES string of the molecule is Cc1nc(-c2nccs2)ncc1OC(=O)Nn1cc(CC(F)F)c2cnccc21. The zero-order valence-electron chi connectivity index (χ0n) is 15.0. The molecule has 0 fully saturated rings. The fraction of sp³-hybridized carbons (Fsp3) is 0.167. The average molecular weight is 416 g/mol. The Labute approximate surface area is 167 Å². The van der Waals surface area contributed by atoms with Gasteiger partial charge in [0.15, 0.2) is 16.6 Å². The number of halogens is 2. The fourth-order valence-electron chi connectivity index (χ4n) is 2.78. The second kappa shape index (κ2) is 7.87. The Hall–Kier alpha value is -3.47. The minimum atomic E-state index is -2.52. The first-order valence-electron chi connectivity index (χ1n) is 8.45. The third kappa shape index (κ3) is 4.04. The molecule has 0 aliphatic rings. The van der Waals surface area contributed by atoms with Gasteiger partial charge in [0.1, 0.15) is 0 Å². The lowest BCUT2D eigenvalue weighted by Crippen LogP contribution is -2.25. The summed E-state index contributed by atoms with van der Waals surface area (Å²) in [5.41, 5.74) is 3.87. The van der Waals surface area contributed by atoms with Crippen molar-refractivity contribution in [2.24, 2.45) is 0 Å². The minimum absolute atomic E-state index is 0.175. The van der Waals surface area contributed by atoms with Gasteiger partial charge in [-0.3, -0.25) is 9.66 Å². The number of pyridine rings is 1. The van der Waals surface area contributed by atoms with Gasteiger partial charge in [0.05, 0.1) is 17.4 Å². The molecule has 4 aromatic rings. The first-order chi connectivity index (χ1) is 14.0. The normalized spacial score (nSPS) is 11.2. The van der Waals surface area contributed by atoms with Gasteiger partial charge in [-0.05, 0) is 18.6 Å². The Kier molecular flexibility index (Phi) is 5.12. The maximum Gasteiger partial charge on any atom is 0.432 e. The predicted molar refractivity (Wildman–Crippen MR) is 103 cm³/mol. The average Bonchev–Trinajstić information content (AvgIpc) is 3.33. The van der Waals surface area contributed by atoms with Crippen molar-refractivity contribution in [1.82, 2.24) is 24.6 Å². The monoisotopic (exact) mass is 416 g/mol. The van der Waals surface area contributed by atoms with Crippen LogP contribution in [0.5, 0.6) is 5.75 Å². The van der Waals surface area contributed by atoms with Crippen molar-refractivity contribution in [2.45, 2.75) is 19.8 Å². The second-order valence-corrected chi connectivity index (χ2v) is 6.89. The standard InChI is InChI=1S/C18H14F2N6O2S/c1-10-14(8-23-16(24-10)17-22-4-5-29-17)28-18(27)25-26-9-11(6-15(19)20)12-7-21-3-2-13(12)26/h2-5,7-9,15H,6H2,1H3,(H,25,27). The number of hydrogen-bond acceptors (Lipinski definition) is 7. The maximum atomic E-state index is 12.8. The zero-order chi connectivity index (χ0) is 20.4. The number of aryl methyl sites for hydroxylation is 1. The van der Waals surface area contributed by atoms with Crippen molar-refractivity contribution >= 4 is 28.3 Å². The molecule has 4 heterocycles. The molecule has 0 radical (unpaired) electrons. The van der Waals surface area contributed by atoms with Crippen LogP contribution < -0.4 is 10.2 Å². The zero-order valence-corrected chi connectivity index (χ0v) is 15.9. The number of carbonyl (C=O) groups is 1. The lowest BCUT2D eigenvalue weighted by Gasteiger charge is -2.10. The molecule has 148 valence electrons. The van der Waals surface area contributed by atoms with Crippen LogP contribution in [-0.2, 0) is 6.42 Å². The Morgan fingerprint density at radius 2 is 2.17 bits per heavy atom. The molecule has 11 heteroatoms. The molecule has 0 unspecified atom stereocenters. The molecule has 0 aliphatic carbocycles. The Bertz CT molecular complexity index is 1160. The van der Waals surface area contributed by atoms with Crippen molar-refractivity contribution in [3.05, 3.63) is 53.7 Å². The van der Waals surface area contributed by atoms with Crippen LogP contribution in [0.3, 0.4) is 0 Å². The summed E-state index contributed by atoms with van der Waals surface area (Å²) in [6.45, 7) is 1.68. The van der Waals surface area contributed by atoms with Crippen LogP contribution in [0.1, 0.15) is 11.3 Å². The van der Waals surface area contributed by atoms with E-state index in [9.17, 15) is 13.6 Å². The van der Waals surface area contributed by atoms with Crippen molar-refractivity contribution in [1.29, 1.82) is 0 Å². The van der Waals surface area contributed by atoms with Crippen molar-refractivity contribution in [3.8, 4) is 16.6 Å². The summed E-state index contributed by atoms with van der Waals surface area (Å²) in [7, 11) is 0. The highest BCUT2D eigenvalue weighted by Gasteiger charge is 2.16. The van der Waals surface area contributed by atoms with Crippen molar-refractivity contribution in [2.75, 3.05) is 5.43 Å². The molecule has 4 rings (SSSR count). The smallest absolute Gasteiger partial charge is 0.406 e. The van der Waals surface area contributed by atoms with Crippen LogP contribution in [0.2, 0.25) is 0 Å². The van der Waals surface area contributed by atoms with E-state index < -0.39 is 18.9 Å². The van der Waals surface area contributed by atoms with E-state index in [1.807, 2.05) is 5.38 Å². The van der Waals surface area contributed by atoms with Gasteiger partial charge in [0, 0.05) is 42.0 Å². The predicted octanol–water partition coefficient (Wildman–Crippen LogP) is 3.81. The first kappa shape index (κ1) is 18.9. The van der Waals surface area contributed by atoms with Gasteiger partial charge in [-0.1, -0.05) is 0 Å². The maximum absolute atomic E-state index is 12.8.